The number of rotatable bonds is 4. The zero-order valence-electron chi connectivity index (χ0n) is 18.4. The third kappa shape index (κ3) is 4.50. The summed E-state index contributed by atoms with van der Waals surface area (Å²) in [7, 11) is 0. The lowest BCUT2D eigenvalue weighted by Crippen LogP contribution is -2.55. The number of hydrogen-bond acceptors (Lipinski definition) is 2. The van der Waals surface area contributed by atoms with E-state index in [4.69, 9.17) is 12.8 Å². The van der Waals surface area contributed by atoms with Gasteiger partial charge in [0.2, 0.25) is 5.41 Å². The number of carbonyl (C=O) groups is 2. The third-order valence-electron chi connectivity index (χ3n) is 5.65. The summed E-state index contributed by atoms with van der Waals surface area (Å²) < 4.78 is 86.3. The number of carboxylic acid groups (broad SMARTS) is 2. The van der Waals surface area contributed by atoms with Crippen LogP contribution in [0.15, 0.2) is 60.7 Å². The molecule has 0 aromatic heterocycles. The monoisotopic (exact) mass is 516 g/mol. The van der Waals surface area contributed by atoms with Gasteiger partial charge in [-0.2, -0.15) is 26.3 Å². The minimum absolute atomic E-state index is 0.385. The summed E-state index contributed by atoms with van der Waals surface area (Å²) in [6, 6.07) is 12.1. The van der Waals surface area contributed by atoms with Crippen LogP contribution in [0, 0.1) is 24.7 Å². The van der Waals surface area contributed by atoms with Crippen LogP contribution < -0.4 is 0 Å². The Morgan fingerprint density at radius 3 is 1.22 bits per heavy atom. The molecule has 2 aromatic rings. The highest BCUT2D eigenvalue weighted by Crippen LogP contribution is 2.58. The Hall–Kier alpha value is -4.70. The molecule has 4 rings (SSSR count). The van der Waals surface area contributed by atoms with Gasteiger partial charge in [0.05, 0.1) is 11.1 Å². The Morgan fingerprint density at radius 2 is 1.00 bits per heavy atom. The molecule has 2 aliphatic carbocycles. The number of fused-ring (bicyclic) bond motifs is 1. The van der Waals surface area contributed by atoms with Gasteiger partial charge >= 0.3 is 24.3 Å². The Morgan fingerprint density at radius 1 is 0.649 bits per heavy atom. The summed E-state index contributed by atoms with van der Waals surface area (Å²) in [6.07, 6.45) is -2.08. The molecule has 4 nitrogen and oxygen atoms in total. The molecule has 2 N–H and O–H groups in total. The third-order valence-corrected chi connectivity index (χ3v) is 5.65. The van der Waals surface area contributed by atoms with Crippen LogP contribution >= 0.6 is 0 Å². The van der Waals surface area contributed by atoms with Gasteiger partial charge in [0.1, 0.15) is 0 Å². The van der Waals surface area contributed by atoms with E-state index in [9.17, 15) is 46.1 Å². The summed E-state index contributed by atoms with van der Waals surface area (Å²) >= 11 is 0. The van der Waals surface area contributed by atoms with E-state index in [1.807, 2.05) is 0 Å². The number of terminal acetylenes is 2. The highest BCUT2D eigenvalue weighted by Gasteiger charge is 2.74. The van der Waals surface area contributed by atoms with Gasteiger partial charge in [-0.1, -0.05) is 54.3 Å². The fourth-order valence-corrected chi connectivity index (χ4v) is 3.99. The molecule has 0 fully saturated rings. The van der Waals surface area contributed by atoms with Crippen LogP contribution in [0.25, 0.3) is 11.1 Å². The van der Waals surface area contributed by atoms with Crippen molar-refractivity contribution in [1.82, 2.24) is 0 Å². The fraction of sp³-hybridized carbons (Fsp3) is 0.111. The summed E-state index contributed by atoms with van der Waals surface area (Å²) in [5, 5.41) is 18.4. The Labute approximate surface area is 206 Å². The van der Waals surface area contributed by atoms with Crippen molar-refractivity contribution in [3.8, 4) is 35.8 Å². The number of hydrogen-bond donors (Lipinski definition) is 2. The normalized spacial score (nSPS) is 11.9. The van der Waals surface area contributed by atoms with E-state index in [1.54, 1.807) is 11.8 Å². The minimum atomic E-state index is -6.16. The lowest BCUT2D eigenvalue weighted by Gasteiger charge is -2.39. The number of benzene rings is 3. The van der Waals surface area contributed by atoms with E-state index in [1.165, 1.54) is 11.1 Å². The fourth-order valence-electron chi connectivity index (χ4n) is 3.99. The molecule has 0 saturated heterocycles. The van der Waals surface area contributed by atoms with E-state index in [2.05, 4.69) is 24.3 Å². The topological polar surface area (TPSA) is 74.6 Å². The average Bonchev–Trinajstić information content (AvgIpc) is 3.41. The first-order valence-electron chi connectivity index (χ1n) is 10.1. The zero-order valence-corrected chi connectivity index (χ0v) is 18.4. The Balaban J connectivity index is 0.000000542. The largest absolute Gasteiger partial charge is 0.478 e. The molecule has 0 radical (unpaired) electrons. The maximum Gasteiger partial charge on any atom is 0.411 e. The first kappa shape index (κ1) is 26.9. The molecule has 0 amide bonds. The summed E-state index contributed by atoms with van der Waals surface area (Å²) in [4.78, 5) is 22.8. The smallest absolute Gasteiger partial charge is 0.411 e. The lowest BCUT2D eigenvalue weighted by molar-refractivity contribution is -0.288. The van der Waals surface area contributed by atoms with Crippen molar-refractivity contribution in [1.29, 1.82) is 0 Å². The van der Waals surface area contributed by atoms with Gasteiger partial charge in [-0.15, -0.1) is 12.8 Å². The van der Waals surface area contributed by atoms with Gasteiger partial charge in [-0.3, -0.25) is 0 Å². The molecule has 0 bridgehead atoms. The van der Waals surface area contributed by atoms with Gasteiger partial charge in [0.15, 0.2) is 0 Å². The van der Waals surface area contributed by atoms with Gasteiger partial charge in [0, 0.05) is 11.1 Å². The number of alkyl halides is 6. The van der Waals surface area contributed by atoms with Crippen molar-refractivity contribution in [2.45, 2.75) is 17.8 Å². The first-order chi connectivity index (χ1) is 17.2. The second-order valence-corrected chi connectivity index (χ2v) is 7.68. The van der Waals surface area contributed by atoms with Crippen molar-refractivity contribution in [3.05, 3.63) is 94.0 Å². The molecule has 0 heterocycles. The molecular weight excluding hydrogens is 502 g/mol. The molecule has 0 aliphatic heterocycles. The molecule has 10 heteroatoms. The predicted molar refractivity (Wildman–Crippen MR) is 121 cm³/mol. The minimum Gasteiger partial charge on any atom is -0.478 e. The summed E-state index contributed by atoms with van der Waals surface area (Å²) in [5.74, 6) is -0.532. The molecule has 0 unspecified atom stereocenters. The first-order valence-corrected chi connectivity index (χ1v) is 10.1. The van der Waals surface area contributed by atoms with Crippen LogP contribution in [0.5, 0.6) is 0 Å². The van der Waals surface area contributed by atoms with Gasteiger partial charge in [-0.05, 0) is 40.5 Å². The van der Waals surface area contributed by atoms with Crippen LogP contribution in [0.1, 0.15) is 43.0 Å². The molecule has 0 atom stereocenters. The number of carboxylic acids is 2. The summed E-state index contributed by atoms with van der Waals surface area (Å²) in [5.41, 5.74) is -9.60. The van der Waals surface area contributed by atoms with Gasteiger partial charge in [0.25, 0.3) is 0 Å². The zero-order chi connectivity index (χ0) is 27.8. The van der Waals surface area contributed by atoms with Crippen molar-refractivity contribution in [2.24, 2.45) is 0 Å². The van der Waals surface area contributed by atoms with Crippen molar-refractivity contribution >= 4 is 11.9 Å². The van der Waals surface area contributed by atoms with Crippen LogP contribution in [0.4, 0.5) is 26.3 Å². The van der Waals surface area contributed by atoms with Gasteiger partial charge < -0.3 is 10.2 Å². The van der Waals surface area contributed by atoms with E-state index in [-0.39, 0.29) is 0 Å². The molecule has 2 aromatic carbocycles. The summed E-state index contributed by atoms with van der Waals surface area (Å²) in [6.45, 7) is 0. The molecule has 188 valence electrons. The van der Waals surface area contributed by atoms with Crippen molar-refractivity contribution in [2.75, 3.05) is 0 Å². The standard InChI is InChI=1S/C21H10F6O4.C6H4/c1-3-11-13(17(28)29)7-5-9-15(11)19(20(22,23)24,21(25,26)27)16-10-6-8-14(18(30)31)12(16)4-2;1-2-5-4-6(5)3-1/h1-2,5-10H,(H,28,29)(H,30,31);1-4H. The lowest BCUT2D eigenvalue weighted by atomic mass is 9.68. The number of aromatic carboxylic acids is 2. The van der Waals surface area contributed by atoms with Crippen molar-refractivity contribution in [3.63, 3.8) is 0 Å². The van der Waals surface area contributed by atoms with Crippen molar-refractivity contribution < 1.29 is 46.1 Å². The number of halogens is 6. The SMILES string of the molecule is C#Cc1c(C(=O)O)cccc1C(c1cccc(C(=O)O)c1C#C)(C(F)(F)F)C(F)(F)F.c1cc2cc-2c1. The second-order valence-electron chi connectivity index (χ2n) is 7.68. The molecule has 0 saturated carbocycles. The van der Waals surface area contributed by atoms with Crippen LogP contribution in [0.3, 0.4) is 0 Å². The van der Waals surface area contributed by atoms with Crippen LogP contribution in [0.2, 0.25) is 0 Å². The predicted octanol–water partition coefficient (Wildman–Crippen LogP) is 6.12. The maximum atomic E-state index is 14.4. The average molecular weight is 516 g/mol. The van der Waals surface area contributed by atoms with E-state index < -0.39 is 63.1 Å². The van der Waals surface area contributed by atoms with E-state index in [0.717, 1.165) is 12.1 Å². The molecular formula is C27H14F6O4. The van der Waals surface area contributed by atoms with E-state index in [0.29, 0.717) is 24.3 Å². The maximum absolute atomic E-state index is 14.4. The Bertz CT molecular complexity index is 1380. The highest BCUT2D eigenvalue weighted by atomic mass is 19.4. The van der Waals surface area contributed by atoms with E-state index >= 15 is 0 Å². The second kappa shape index (κ2) is 9.40. The molecule has 0 spiro atoms. The molecule has 2 aliphatic rings. The molecule has 37 heavy (non-hydrogen) atoms. The highest BCUT2D eigenvalue weighted by molar-refractivity contribution is 5.93. The Kier molecular flexibility index (Phi) is 6.83. The van der Waals surface area contributed by atoms with Gasteiger partial charge in [-0.25, -0.2) is 9.59 Å². The van der Waals surface area contributed by atoms with Crippen LogP contribution in [-0.2, 0) is 5.41 Å². The quantitative estimate of drug-likeness (QED) is 0.253. The van der Waals surface area contributed by atoms with Crippen LogP contribution in [-0.4, -0.2) is 34.5 Å².